The van der Waals surface area contributed by atoms with E-state index in [4.69, 9.17) is 4.74 Å². The molecule has 1 aromatic heterocycles. The Morgan fingerprint density at radius 1 is 1.24 bits per heavy atom. The first-order valence-corrected chi connectivity index (χ1v) is 8.58. The van der Waals surface area contributed by atoms with Crippen LogP contribution in [0.1, 0.15) is 31.9 Å². The smallest absolute Gasteiger partial charge is 0.191 e. The molecule has 0 aliphatic carbocycles. The van der Waals surface area contributed by atoms with E-state index in [1.807, 2.05) is 13.8 Å². The minimum Gasteiger partial charge on any atom is -0.377 e. The number of benzene rings is 1. The van der Waals surface area contributed by atoms with E-state index >= 15 is 0 Å². The summed E-state index contributed by atoms with van der Waals surface area (Å²) in [5, 5.41) is 7.99. The lowest BCUT2D eigenvalue weighted by molar-refractivity contribution is 0.0268. The monoisotopic (exact) mass is 458 g/mol. The second-order valence-corrected chi connectivity index (χ2v) is 6.57. The van der Waals surface area contributed by atoms with Gasteiger partial charge in [0.15, 0.2) is 5.96 Å². The fraction of sp³-hybridized carbons (Fsp3) is 0.526. The van der Waals surface area contributed by atoms with Crippen LogP contribution in [0.15, 0.2) is 29.4 Å². The van der Waals surface area contributed by atoms with Gasteiger partial charge < -0.3 is 20.4 Å². The molecule has 2 rings (SSSR count). The van der Waals surface area contributed by atoms with Crippen LogP contribution in [-0.2, 0) is 17.6 Å². The maximum absolute atomic E-state index is 5.42. The van der Waals surface area contributed by atoms with Crippen molar-refractivity contribution in [3.05, 3.63) is 35.5 Å². The number of hydrogen-bond donors (Lipinski definition) is 3. The number of H-pyrrole nitrogens is 1. The van der Waals surface area contributed by atoms with Crippen molar-refractivity contribution in [1.29, 1.82) is 0 Å². The van der Waals surface area contributed by atoms with Crippen LogP contribution in [0.5, 0.6) is 0 Å². The zero-order valence-corrected chi connectivity index (χ0v) is 18.2. The number of halogens is 1. The fourth-order valence-electron chi connectivity index (χ4n) is 2.68. The largest absolute Gasteiger partial charge is 0.377 e. The number of para-hydroxylation sites is 1. The second kappa shape index (κ2) is 10.0. The van der Waals surface area contributed by atoms with Gasteiger partial charge in [0.1, 0.15) is 0 Å². The number of nitrogens with zero attached hydrogens (tertiary/aromatic N) is 1. The lowest BCUT2D eigenvalue weighted by Gasteiger charge is -2.24. The molecule has 1 aromatic carbocycles. The molecule has 3 N–H and O–H groups in total. The normalized spacial score (nSPS) is 12.1. The Kier molecular flexibility index (Phi) is 8.71. The molecule has 1 heterocycles. The number of aryl methyl sites for hydroxylation is 1. The van der Waals surface area contributed by atoms with Crippen molar-refractivity contribution in [1.82, 2.24) is 15.6 Å². The molecular formula is C19H31IN4O. The predicted octanol–water partition coefficient (Wildman–Crippen LogP) is 3.48. The number of rotatable bonds is 7. The van der Waals surface area contributed by atoms with Crippen LogP contribution in [0.2, 0.25) is 0 Å². The average molecular weight is 458 g/mol. The van der Waals surface area contributed by atoms with Crippen molar-refractivity contribution in [2.75, 3.05) is 27.2 Å². The molecule has 0 amide bonds. The van der Waals surface area contributed by atoms with E-state index in [9.17, 15) is 0 Å². The van der Waals surface area contributed by atoms with E-state index < -0.39 is 0 Å². The molecule has 0 aliphatic rings. The number of methoxy groups -OCH3 is 1. The van der Waals surface area contributed by atoms with Crippen molar-refractivity contribution < 1.29 is 4.74 Å². The number of hydrogen-bond acceptors (Lipinski definition) is 2. The molecular weight excluding hydrogens is 427 g/mol. The van der Waals surface area contributed by atoms with Crippen LogP contribution in [-0.4, -0.2) is 43.8 Å². The Balaban J connectivity index is 0.00000312. The van der Waals surface area contributed by atoms with E-state index in [1.54, 1.807) is 14.2 Å². The molecule has 0 bridgehead atoms. The number of fused-ring (bicyclic) bond motifs is 1. The van der Waals surface area contributed by atoms with Gasteiger partial charge in [0.2, 0.25) is 0 Å². The lowest BCUT2D eigenvalue weighted by Crippen LogP contribution is -2.45. The number of aromatic amines is 1. The highest BCUT2D eigenvalue weighted by molar-refractivity contribution is 14.0. The van der Waals surface area contributed by atoms with E-state index in [1.165, 1.54) is 22.0 Å². The van der Waals surface area contributed by atoms with Gasteiger partial charge in [0.25, 0.3) is 0 Å². The summed E-state index contributed by atoms with van der Waals surface area (Å²) in [6.07, 6.45) is 4.11. The molecule has 0 spiro atoms. The van der Waals surface area contributed by atoms with E-state index in [-0.39, 0.29) is 29.6 Å². The molecule has 0 radical (unpaired) electrons. The third-order valence-corrected chi connectivity index (χ3v) is 4.41. The maximum atomic E-state index is 5.42. The number of ether oxygens (including phenoxy) is 1. The van der Waals surface area contributed by atoms with Crippen molar-refractivity contribution in [2.24, 2.45) is 4.99 Å². The van der Waals surface area contributed by atoms with Crippen LogP contribution in [0.4, 0.5) is 0 Å². The Bertz CT molecular complexity index is 694. The number of aromatic nitrogens is 1. The van der Waals surface area contributed by atoms with Crippen molar-refractivity contribution >= 4 is 40.8 Å². The summed E-state index contributed by atoms with van der Waals surface area (Å²) in [6.45, 7) is 7.82. The minimum atomic E-state index is -0.217. The predicted molar refractivity (Wildman–Crippen MR) is 117 cm³/mol. The Labute approximate surface area is 168 Å². The van der Waals surface area contributed by atoms with Crippen LogP contribution in [0.3, 0.4) is 0 Å². The highest BCUT2D eigenvalue weighted by atomic mass is 127. The van der Waals surface area contributed by atoms with E-state index in [2.05, 4.69) is 51.9 Å². The summed E-state index contributed by atoms with van der Waals surface area (Å²) < 4.78 is 5.42. The van der Waals surface area contributed by atoms with Crippen molar-refractivity contribution in [3.63, 3.8) is 0 Å². The van der Waals surface area contributed by atoms with Gasteiger partial charge in [0, 0.05) is 44.3 Å². The molecule has 25 heavy (non-hydrogen) atoms. The lowest BCUT2D eigenvalue weighted by atomic mass is 10.1. The number of nitrogens with one attached hydrogen (secondary N) is 3. The molecule has 0 aliphatic heterocycles. The Morgan fingerprint density at radius 2 is 2.00 bits per heavy atom. The molecule has 5 nitrogen and oxygen atoms in total. The number of aliphatic imine (C=N–C) groups is 1. The van der Waals surface area contributed by atoms with Crippen LogP contribution in [0, 0.1) is 0 Å². The molecule has 0 unspecified atom stereocenters. The zero-order chi connectivity index (χ0) is 17.6. The fourth-order valence-corrected chi connectivity index (χ4v) is 2.68. The molecule has 6 heteroatoms. The quantitative estimate of drug-likeness (QED) is 0.338. The van der Waals surface area contributed by atoms with Gasteiger partial charge in [-0.3, -0.25) is 4.99 Å². The van der Waals surface area contributed by atoms with Gasteiger partial charge in [-0.25, -0.2) is 0 Å². The molecule has 140 valence electrons. The number of guanidine groups is 1. The molecule has 2 aromatic rings. The minimum absolute atomic E-state index is 0. The Hall–Kier alpha value is -1.28. The first-order chi connectivity index (χ1) is 11.5. The van der Waals surface area contributed by atoms with Gasteiger partial charge in [-0.05, 0) is 37.8 Å². The summed E-state index contributed by atoms with van der Waals surface area (Å²) in [6, 6.07) is 6.51. The van der Waals surface area contributed by atoms with Gasteiger partial charge in [-0.2, -0.15) is 0 Å². The summed E-state index contributed by atoms with van der Waals surface area (Å²) in [7, 11) is 3.51. The summed E-state index contributed by atoms with van der Waals surface area (Å²) >= 11 is 0. The zero-order valence-electron chi connectivity index (χ0n) is 15.9. The van der Waals surface area contributed by atoms with Crippen molar-refractivity contribution in [3.8, 4) is 0 Å². The SMILES string of the molecule is CCc1cccc2c(CCNC(=NC)NCC(C)(C)OC)c[nH]c12.I. The standard InChI is InChI=1S/C19H30N4O.HI/c1-6-14-8-7-9-16-15(12-22-17(14)16)10-11-21-18(20-4)23-13-19(2,3)24-5;/h7-9,12,22H,6,10-11,13H2,1-5H3,(H2,20,21,23);1H. The van der Waals surface area contributed by atoms with E-state index in [0.717, 1.165) is 25.3 Å². The third kappa shape index (κ3) is 5.88. The molecule has 0 atom stereocenters. The summed E-state index contributed by atoms with van der Waals surface area (Å²) in [5.41, 5.74) is 3.75. The highest BCUT2D eigenvalue weighted by Gasteiger charge is 2.16. The van der Waals surface area contributed by atoms with E-state index in [0.29, 0.717) is 6.54 Å². The highest BCUT2D eigenvalue weighted by Crippen LogP contribution is 2.22. The molecule has 0 fully saturated rings. The Morgan fingerprint density at radius 3 is 2.64 bits per heavy atom. The summed E-state index contributed by atoms with van der Waals surface area (Å²) in [5.74, 6) is 0.800. The third-order valence-electron chi connectivity index (χ3n) is 4.41. The first kappa shape index (κ1) is 21.8. The average Bonchev–Trinajstić information content (AvgIpc) is 3.01. The maximum Gasteiger partial charge on any atom is 0.191 e. The van der Waals surface area contributed by atoms with Gasteiger partial charge >= 0.3 is 0 Å². The van der Waals surface area contributed by atoms with Gasteiger partial charge in [0.05, 0.1) is 5.60 Å². The summed E-state index contributed by atoms with van der Waals surface area (Å²) in [4.78, 5) is 7.69. The van der Waals surface area contributed by atoms with Crippen LogP contribution < -0.4 is 10.6 Å². The molecule has 0 saturated heterocycles. The van der Waals surface area contributed by atoms with Crippen molar-refractivity contribution in [2.45, 2.75) is 39.2 Å². The van der Waals surface area contributed by atoms with Gasteiger partial charge in [-0.1, -0.05) is 25.1 Å². The van der Waals surface area contributed by atoms with Crippen LogP contribution in [0.25, 0.3) is 10.9 Å². The first-order valence-electron chi connectivity index (χ1n) is 8.58. The van der Waals surface area contributed by atoms with Crippen LogP contribution >= 0.6 is 24.0 Å². The molecule has 0 saturated carbocycles. The topological polar surface area (TPSA) is 61.4 Å². The second-order valence-electron chi connectivity index (χ2n) is 6.57. The van der Waals surface area contributed by atoms with Gasteiger partial charge in [-0.15, -0.1) is 24.0 Å².